The third-order valence-electron chi connectivity index (χ3n) is 4.42. The first-order valence-electron chi connectivity index (χ1n) is 9.78. The Morgan fingerprint density at radius 1 is 0.839 bits per heavy atom. The highest BCUT2D eigenvalue weighted by molar-refractivity contribution is 6.30. The van der Waals surface area contributed by atoms with E-state index in [1.807, 2.05) is 0 Å². The Morgan fingerprint density at radius 3 is 1.77 bits per heavy atom. The van der Waals surface area contributed by atoms with Crippen molar-refractivity contribution in [2.75, 3.05) is 13.2 Å². The fraction of sp³-hybridized carbons (Fsp3) is 0.273. The van der Waals surface area contributed by atoms with Gasteiger partial charge in [0.05, 0.1) is 24.2 Å². The van der Waals surface area contributed by atoms with Gasteiger partial charge in [-0.1, -0.05) is 23.7 Å². The van der Waals surface area contributed by atoms with E-state index in [2.05, 4.69) is 4.99 Å². The number of carbonyl (C=O) groups excluding carboxylic acids is 3. The average molecular weight is 444 g/mol. The third-order valence-corrected chi connectivity index (χ3v) is 4.68. The summed E-state index contributed by atoms with van der Waals surface area (Å²) < 4.78 is 13.3. The van der Waals surface area contributed by atoms with Gasteiger partial charge >= 0.3 is 11.9 Å². The van der Waals surface area contributed by atoms with Crippen LogP contribution >= 0.6 is 11.6 Å². The maximum Gasteiger partial charge on any atom is 0.326 e. The molecule has 9 heteroatoms. The Labute approximate surface area is 183 Å². The molecule has 3 aromatic rings. The molecule has 0 atom stereocenters. The zero-order valence-electron chi connectivity index (χ0n) is 17.2. The van der Waals surface area contributed by atoms with E-state index >= 15 is 0 Å². The normalized spacial score (nSPS) is 10.7. The fourth-order valence-corrected chi connectivity index (χ4v) is 3.26. The van der Waals surface area contributed by atoms with Crippen LogP contribution in [0.4, 0.5) is 0 Å². The van der Waals surface area contributed by atoms with Crippen molar-refractivity contribution in [3.63, 3.8) is 0 Å². The van der Waals surface area contributed by atoms with Crippen LogP contribution in [0, 0.1) is 0 Å². The lowest BCUT2D eigenvalue weighted by molar-refractivity contribution is -0.144. The van der Waals surface area contributed by atoms with E-state index in [4.69, 9.17) is 21.1 Å². The number of rotatable bonds is 7. The summed E-state index contributed by atoms with van der Waals surface area (Å²) in [5.41, 5.74) is 1.72. The second-order valence-corrected chi connectivity index (χ2v) is 6.93. The molecule has 0 spiro atoms. The minimum Gasteiger partial charge on any atom is -0.465 e. The number of nitrogens with zero attached hydrogens (tertiary/aromatic N) is 3. The molecule has 0 bridgehead atoms. The Hall–Kier alpha value is -3.39. The van der Waals surface area contributed by atoms with Crippen LogP contribution in [0.25, 0.3) is 11.0 Å². The van der Waals surface area contributed by atoms with Gasteiger partial charge in [-0.3, -0.25) is 23.5 Å². The van der Waals surface area contributed by atoms with E-state index in [9.17, 15) is 14.4 Å². The number of amides is 1. The SMILES string of the molecule is CCOC(=O)Cn1c(=NC(=O)c2ccc(Cl)cc2)n(CC(=O)OCC)c2ccccc21. The molecule has 0 unspecified atom stereocenters. The maximum atomic E-state index is 12.9. The Kier molecular flexibility index (Phi) is 7.25. The molecule has 0 N–H and O–H groups in total. The highest BCUT2D eigenvalue weighted by Crippen LogP contribution is 2.14. The maximum absolute atomic E-state index is 12.9. The predicted molar refractivity (Wildman–Crippen MR) is 115 cm³/mol. The van der Waals surface area contributed by atoms with Crippen LogP contribution in [0.5, 0.6) is 0 Å². The highest BCUT2D eigenvalue weighted by Gasteiger charge is 2.18. The van der Waals surface area contributed by atoms with Gasteiger partial charge in [0, 0.05) is 10.6 Å². The van der Waals surface area contributed by atoms with Crippen molar-refractivity contribution < 1.29 is 23.9 Å². The molecule has 1 heterocycles. The molecule has 1 amide bonds. The van der Waals surface area contributed by atoms with E-state index in [-0.39, 0.29) is 31.9 Å². The van der Waals surface area contributed by atoms with Crippen molar-refractivity contribution in [3.05, 3.63) is 64.7 Å². The summed E-state index contributed by atoms with van der Waals surface area (Å²) >= 11 is 5.90. The van der Waals surface area contributed by atoms with Gasteiger partial charge < -0.3 is 9.47 Å². The predicted octanol–water partition coefficient (Wildman–Crippen LogP) is 2.96. The standard InChI is InChI=1S/C22H22ClN3O5/c1-3-30-19(27)13-25-17-7-5-6-8-18(17)26(14-20(28)31-4-2)22(25)24-21(29)15-9-11-16(23)12-10-15/h5-12H,3-4,13-14H2,1-2H3. The van der Waals surface area contributed by atoms with E-state index in [0.717, 1.165) is 0 Å². The van der Waals surface area contributed by atoms with Crippen LogP contribution in [-0.2, 0) is 32.2 Å². The molecule has 2 aromatic carbocycles. The topological polar surface area (TPSA) is 91.9 Å². The van der Waals surface area contributed by atoms with Gasteiger partial charge in [-0.25, -0.2) is 0 Å². The zero-order valence-corrected chi connectivity index (χ0v) is 18.0. The summed E-state index contributed by atoms with van der Waals surface area (Å²) in [7, 11) is 0. The molecule has 0 aliphatic rings. The number of benzene rings is 2. The average Bonchev–Trinajstić information content (AvgIpc) is 3.01. The number of para-hydroxylation sites is 2. The number of imidazole rings is 1. The van der Waals surface area contributed by atoms with Crippen molar-refractivity contribution in [2.45, 2.75) is 26.9 Å². The van der Waals surface area contributed by atoms with Gasteiger partial charge in [-0.2, -0.15) is 4.99 Å². The number of carbonyl (C=O) groups is 3. The molecule has 0 saturated heterocycles. The van der Waals surface area contributed by atoms with Crippen molar-refractivity contribution >= 4 is 40.5 Å². The van der Waals surface area contributed by atoms with E-state index in [1.165, 1.54) is 0 Å². The van der Waals surface area contributed by atoms with Gasteiger partial charge in [0.25, 0.3) is 5.91 Å². The number of aromatic nitrogens is 2. The quantitative estimate of drug-likeness (QED) is 0.523. The lowest BCUT2D eigenvalue weighted by Crippen LogP contribution is -2.32. The Bertz CT molecular complexity index is 1120. The second-order valence-electron chi connectivity index (χ2n) is 6.49. The molecule has 1 aromatic heterocycles. The van der Waals surface area contributed by atoms with E-state index < -0.39 is 17.8 Å². The molecule has 31 heavy (non-hydrogen) atoms. The number of hydrogen-bond acceptors (Lipinski definition) is 5. The van der Waals surface area contributed by atoms with Crippen LogP contribution in [0.1, 0.15) is 24.2 Å². The minimum atomic E-state index is -0.540. The summed E-state index contributed by atoms with van der Waals surface area (Å²) in [6.07, 6.45) is 0. The monoisotopic (exact) mass is 443 g/mol. The second kappa shape index (κ2) is 10.1. The first kappa shape index (κ1) is 22.3. The number of fused-ring (bicyclic) bond motifs is 1. The molecule has 3 rings (SSSR count). The van der Waals surface area contributed by atoms with Crippen LogP contribution in [0.2, 0.25) is 5.02 Å². The van der Waals surface area contributed by atoms with Gasteiger partial charge in [0.15, 0.2) is 0 Å². The van der Waals surface area contributed by atoms with Crippen LogP contribution in [-0.4, -0.2) is 40.2 Å². The van der Waals surface area contributed by atoms with Crippen LogP contribution in [0.15, 0.2) is 53.5 Å². The van der Waals surface area contributed by atoms with Gasteiger partial charge in [0.1, 0.15) is 13.1 Å². The van der Waals surface area contributed by atoms with Crippen molar-refractivity contribution in [1.82, 2.24) is 9.13 Å². The van der Waals surface area contributed by atoms with E-state index in [1.54, 1.807) is 71.5 Å². The molecule has 0 aliphatic carbocycles. The molecule has 0 saturated carbocycles. The summed E-state index contributed by atoms with van der Waals surface area (Å²) in [4.78, 5) is 41.6. The molecule has 8 nitrogen and oxygen atoms in total. The van der Waals surface area contributed by atoms with Gasteiger partial charge in [-0.05, 0) is 50.2 Å². The van der Waals surface area contributed by atoms with E-state index in [0.29, 0.717) is 21.6 Å². The van der Waals surface area contributed by atoms with Crippen molar-refractivity contribution in [3.8, 4) is 0 Å². The largest absolute Gasteiger partial charge is 0.465 e. The van der Waals surface area contributed by atoms with Crippen LogP contribution < -0.4 is 5.62 Å². The van der Waals surface area contributed by atoms with Crippen LogP contribution in [0.3, 0.4) is 0 Å². The van der Waals surface area contributed by atoms with Gasteiger partial charge in [-0.15, -0.1) is 0 Å². The zero-order chi connectivity index (χ0) is 22.4. The van der Waals surface area contributed by atoms with Gasteiger partial charge in [0.2, 0.25) is 5.62 Å². The molecular weight excluding hydrogens is 422 g/mol. The Balaban J connectivity index is 2.21. The summed E-state index contributed by atoms with van der Waals surface area (Å²) in [5.74, 6) is -1.51. The summed E-state index contributed by atoms with van der Waals surface area (Å²) in [6, 6.07) is 13.4. The lowest BCUT2D eigenvalue weighted by Gasteiger charge is -2.06. The molecular formula is C22H22ClN3O5. The summed E-state index contributed by atoms with van der Waals surface area (Å²) in [5, 5.41) is 0.491. The first-order valence-corrected chi connectivity index (χ1v) is 10.2. The smallest absolute Gasteiger partial charge is 0.326 e. The number of ether oxygens (including phenoxy) is 2. The molecule has 162 valence electrons. The number of halogens is 1. The number of hydrogen-bond donors (Lipinski definition) is 0. The lowest BCUT2D eigenvalue weighted by atomic mass is 10.2. The summed E-state index contributed by atoms with van der Waals surface area (Å²) in [6.45, 7) is 3.52. The molecule has 0 aliphatic heterocycles. The molecule has 0 fully saturated rings. The highest BCUT2D eigenvalue weighted by atomic mass is 35.5. The minimum absolute atomic E-state index is 0.141. The fourth-order valence-electron chi connectivity index (χ4n) is 3.13. The molecule has 0 radical (unpaired) electrons. The third kappa shape index (κ3) is 5.21. The van der Waals surface area contributed by atoms with Crippen molar-refractivity contribution in [1.29, 1.82) is 0 Å². The van der Waals surface area contributed by atoms with Crippen molar-refractivity contribution in [2.24, 2.45) is 4.99 Å². The number of esters is 2. The Morgan fingerprint density at radius 2 is 1.32 bits per heavy atom. The first-order chi connectivity index (χ1) is 14.9.